The number of carbonyl (C=O) groups excluding carboxylic acids is 1. The summed E-state index contributed by atoms with van der Waals surface area (Å²) >= 11 is 3.15. The van der Waals surface area contributed by atoms with Crippen molar-refractivity contribution < 1.29 is 14.3 Å². The fourth-order valence-corrected chi connectivity index (χ4v) is 2.36. The first kappa shape index (κ1) is 24.6. The van der Waals surface area contributed by atoms with E-state index in [2.05, 4.69) is 37.8 Å². The largest absolute Gasteiger partial charge is 0.461 e. The third-order valence-corrected chi connectivity index (χ3v) is 3.52. The summed E-state index contributed by atoms with van der Waals surface area (Å²) in [5.41, 5.74) is 8.41. The molecule has 2 rings (SSSR count). The van der Waals surface area contributed by atoms with Crippen molar-refractivity contribution in [2.24, 2.45) is 0 Å². The monoisotopic (exact) mass is 467 g/mol. The molecule has 29 heavy (non-hydrogen) atoms. The second-order valence-corrected chi connectivity index (χ2v) is 7.44. The van der Waals surface area contributed by atoms with Gasteiger partial charge in [0, 0.05) is 19.0 Å². The summed E-state index contributed by atoms with van der Waals surface area (Å²) in [6.45, 7) is 11.2. The van der Waals surface area contributed by atoms with Crippen LogP contribution in [0.1, 0.15) is 20.8 Å². The molecule has 0 aliphatic carbocycles. The fourth-order valence-electron chi connectivity index (χ4n) is 2.36. The molecule has 0 spiro atoms. The van der Waals surface area contributed by atoms with Gasteiger partial charge >= 0.3 is 6.01 Å². The highest BCUT2D eigenvalue weighted by molar-refractivity contribution is 9.09. The van der Waals surface area contributed by atoms with Crippen LogP contribution in [-0.4, -0.2) is 54.6 Å². The molecule has 0 radical (unpaired) electrons. The number of nitrogen functional groups attached to an aromatic ring is 1. The molecule has 1 aliphatic heterocycles. The highest BCUT2D eigenvalue weighted by Gasteiger charge is 2.27. The summed E-state index contributed by atoms with van der Waals surface area (Å²) in [7, 11) is 1.58. The zero-order valence-electron chi connectivity index (χ0n) is 17.5. The van der Waals surface area contributed by atoms with Crippen LogP contribution >= 0.6 is 15.9 Å². The smallest absolute Gasteiger partial charge is 0.320 e. The van der Waals surface area contributed by atoms with Gasteiger partial charge in [0.25, 0.3) is 0 Å². The number of halogens is 1. The molecule has 2 heterocycles. The topological polar surface area (TPSA) is 103 Å². The SMILES string of the molecule is C=C(C)/C=C\C=C(/C)CN1CC(=O)Nc2c(N)nc(OCCOC)nc21.CCBr. The summed E-state index contributed by atoms with van der Waals surface area (Å²) in [6, 6.07) is 0.156. The van der Waals surface area contributed by atoms with Crippen LogP contribution in [0.5, 0.6) is 6.01 Å². The molecule has 9 heteroatoms. The number of hydrogen-bond donors (Lipinski definition) is 2. The average molecular weight is 468 g/mol. The molecule has 160 valence electrons. The number of rotatable bonds is 8. The number of alkyl halides is 1. The third kappa shape index (κ3) is 8.66. The van der Waals surface area contributed by atoms with E-state index in [-0.39, 0.29) is 24.3 Å². The highest BCUT2D eigenvalue weighted by Crippen LogP contribution is 2.33. The van der Waals surface area contributed by atoms with Crippen molar-refractivity contribution in [3.8, 4) is 6.01 Å². The maximum absolute atomic E-state index is 12.0. The Balaban J connectivity index is 0.00000132. The molecule has 0 unspecified atom stereocenters. The quantitative estimate of drug-likeness (QED) is 0.343. The maximum atomic E-state index is 12.0. The number of carbonyl (C=O) groups is 1. The first-order valence-electron chi connectivity index (χ1n) is 9.21. The van der Waals surface area contributed by atoms with Gasteiger partial charge in [0.05, 0.1) is 13.2 Å². The van der Waals surface area contributed by atoms with E-state index in [1.54, 1.807) is 7.11 Å². The summed E-state index contributed by atoms with van der Waals surface area (Å²) in [4.78, 5) is 22.3. The van der Waals surface area contributed by atoms with Crippen LogP contribution in [0, 0.1) is 0 Å². The van der Waals surface area contributed by atoms with E-state index in [1.807, 2.05) is 43.9 Å². The molecule has 0 fully saturated rings. The average Bonchev–Trinajstić information content (AvgIpc) is 2.63. The molecule has 8 nitrogen and oxygen atoms in total. The molecule has 1 aliphatic rings. The van der Waals surface area contributed by atoms with Crippen molar-refractivity contribution in [3.05, 3.63) is 36.0 Å². The van der Waals surface area contributed by atoms with E-state index >= 15 is 0 Å². The second kappa shape index (κ2) is 12.9. The second-order valence-electron chi connectivity index (χ2n) is 6.32. The fraction of sp³-hybridized carbons (Fsp3) is 0.450. The number of nitrogens with zero attached hydrogens (tertiary/aromatic N) is 3. The number of allylic oxidation sites excluding steroid dienone is 4. The van der Waals surface area contributed by atoms with Gasteiger partial charge in [-0.05, 0) is 13.8 Å². The lowest BCUT2D eigenvalue weighted by molar-refractivity contribution is -0.115. The Hall–Kier alpha value is -2.39. The molecule has 1 aromatic rings. The van der Waals surface area contributed by atoms with Crippen molar-refractivity contribution in [2.75, 3.05) is 54.7 Å². The van der Waals surface area contributed by atoms with Crippen molar-refractivity contribution in [2.45, 2.75) is 20.8 Å². The van der Waals surface area contributed by atoms with Gasteiger partial charge in [-0.1, -0.05) is 58.8 Å². The maximum Gasteiger partial charge on any atom is 0.320 e. The minimum atomic E-state index is -0.161. The number of nitrogens with one attached hydrogen (secondary N) is 1. The summed E-state index contributed by atoms with van der Waals surface area (Å²) in [6.07, 6.45) is 5.82. The lowest BCUT2D eigenvalue weighted by Gasteiger charge is -2.30. The van der Waals surface area contributed by atoms with E-state index < -0.39 is 0 Å². The molecule has 1 aromatic heterocycles. The van der Waals surface area contributed by atoms with Gasteiger partial charge in [-0.25, -0.2) is 0 Å². The first-order chi connectivity index (χ1) is 13.8. The van der Waals surface area contributed by atoms with Crippen LogP contribution in [0.15, 0.2) is 36.0 Å². The van der Waals surface area contributed by atoms with E-state index in [1.165, 1.54) is 0 Å². The number of anilines is 3. The van der Waals surface area contributed by atoms with Gasteiger partial charge in [-0.15, -0.1) is 0 Å². The van der Waals surface area contributed by atoms with Crippen molar-refractivity contribution in [3.63, 3.8) is 0 Å². The molecule has 0 bridgehead atoms. The number of nitrogens with two attached hydrogens (primary N) is 1. The Kier molecular flexibility index (Phi) is 11.0. The molecular weight excluding hydrogens is 438 g/mol. The lowest BCUT2D eigenvalue weighted by Crippen LogP contribution is -2.40. The first-order valence-corrected chi connectivity index (χ1v) is 10.3. The van der Waals surface area contributed by atoms with E-state index in [0.717, 1.165) is 16.5 Å². The Bertz CT molecular complexity index is 765. The van der Waals surface area contributed by atoms with Gasteiger partial charge in [-0.3, -0.25) is 4.79 Å². The standard InChI is InChI=1S/C18H25N5O3.C2H5Br/c1-12(2)6-5-7-13(3)10-23-11-14(24)20-15-16(19)21-18(22-17(15)23)26-9-8-25-4;1-2-3/h5-7H,1,8-11H2,2-4H3,(H,20,24)(H2,19,21,22);2H2,1H3/b6-5-,13-7+;. The Labute approximate surface area is 181 Å². The van der Waals surface area contributed by atoms with E-state index in [9.17, 15) is 4.79 Å². The molecule has 1 amide bonds. The number of fused-ring (bicyclic) bond motifs is 1. The molecule has 3 N–H and O–H groups in total. The van der Waals surface area contributed by atoms with Crippen LogP contribution in [-0.2, 0) is 9.53 Å². The molecule has 0 aromatic carbocycles. The van der Waals surface area contributed by atoms with Gasteiger partial charge in [-0.2, -0.15) is 9.97 Å². The van der Waals surface area contributed by atoms with Crippen LogP contribution in [0.25, 0.3) is 0 Å². The summed E-state index contributed by atoms with van der Waals surface area (Å²) in [5.74, 6) is 0.552. The van der Waals surface area contributed by atoms with Gasteiger partial charge in [0.2, 0.25) is 5.91 Å². The van der Waals surface area contributed by atoms with Crippen LogP contribution < -0.4 is 20.7 Å². The lowest BCUT2D eigenvalue weighted by atomic mass is 10.2. The summed E-state index contributed by atoms with van der Waals surface area (Å²) < 4.78 is 10.4. The normalized spacial score (nSPS) is 13.5. The minimum Gasteiger partial charge on any atom is -0.461 e. The molecule has 0 saturated carbocycles. The van der Waals surface area contributed by atoms with Crippen LogP contribution in [0.2, 0.25) is 0 Å². The van der Waals surface area contributed by atoms with Gasteiger partial charge in [0.15, 0.2) is 11.6 Å². The molecule has 0 saturated heterocycles. The van der Waals surface area contributed by atoms with Crippen LogP contribution in [0.4, 0.5) is 17.3 Å². The summed E-state index contributed by atoms with van der Waals surface area (Å²) in [5, 5.41) is 3.79. The van der Waals surface area contributed by atoms with Crippen molar-refractivity contribution >= 4 is 39.2 Å². The van der Waals surface area contributed by atoms with Gasteiger partial charge in [0.1, 0.15) is 12.3 Å². The number of aromatic nitrogens is 2. The number of amides is 1. The Morgan fingerprint density at radius 1 is 1.38 bits per heavy atom. The number of ether oxygens (including phenoxy) is 2. The highest BCUT2D eigenvalue weighted by atomic mass is 79.9. The third-order valence-electron chi connectivity index (χ3n) is 3.52. The zero-order chi connectivity index (χ0) is 21.8. The Morgan fingerprint density at radius 3 is 2.69 bits per heavy atom. The van der Waals surface area contributed by atoms with Crippen LogP contribution in [0.3, 0.4) is 0 Å². The van der Waals surface area contributed by atoms with Crippen molar-refractivity contribution in [1.29, 1.82) is 0 Å². The van der Waals surface area contributed by atoms with E-state index in [4.69, 9.17) is 15.2 Å². The predicted octanol–water partition coefficient (Wildman–Crippen LogP) is 3.32. The zero-order valence-corrected chi connectivity index (χ0v) is 19.1. The van der Waals surface area contributed by atoms with E-state index in [0.29, 0.717) is 31.3 Å². The van der Waals surface area contributed by atoms with Gasteiger partial charge < -0.3 is 25.4 Å². The Morgan fingerprint density at radius 2 is 2.07 bits per heavy atom. The van der Waals surface area contributed by atoms with Crippen molar-refractivity contribution in [1.82, 2.24) is 9.97 Å². The predicted molar refractivity (Wildman–Crippen MR) is 122 cm³/mol. The minimum absolute atomic E-state index is 0.156. The molecular formula is C20H30BrN5O3. The molecule has 0 atom stereocenters. The number of methoxy groups -OCH3 is 1. The number of hydrogen-bond acceptors (Lipinski definition) is 7.